The van der Waals surface area contributed by atoms with Crippen LogP contribution in [0.25, 0.3) is 5.69 Å². The Bertz CT molecular complexity index is 987. The van der Waals surface area contributed by atoms with Crippen LogP contribution in [0.2, 0.25) is 0 Å². The number of anilines is 2. The molecule has 0 spiro atoms. The van der Waals surface area contributed by atoms with Gasteiger partial charge in [0.15, 0.2) is 0 Å². The molecular formula is C22H25N5O2. The predicted molar refractivity (Wildman–Crippen MR) is 113 cm³/mol. The molecule has 1 saturated heterocycles. The molecule has 150 valence electrons. The molecule has 1 unspecified atom stereocenters. The van der Waals surface area contributed by atoms with E-state index in [1.165, 1.54) is 0 Å². The average molecular weight is 391 g/mol. The van der Waals surface area contributed by atoms with Gasteiger partial charge in [-0.2, -0.15) is 0 Å². The lowest BCUT2D eigenvalue weighted by molar-refractivity contribution is -0.119. The fourth-order valence-electron chi connectivity index (χ4n) is 3.67. The van der Waals surface area contributed by atoms with Gasteiger partial charge in [-0.15, -0.1) is 10.2 Å². The number of nitrogens with one attached hydrogen (secondary N) is 1. The molecule has 29 heavy (non-hydrogen) atoms. The molecule has 0 aliphatic carbocycles. The minimum atomic E-state index is 0.0738. The van der Waals surface area contributed by atoms with E-state index >= 15 is 0 Å². The summed E-state index contributed by atoms with van der Waals surface area (Å²) < 4.78 is 7.39. The molecule has 0 saturated carbocycles. The second kappa shape index (κ2) is 8.34. The van der Waals surface area contributed by atoms with E-state index in [1.807, 2.05) is 39.8 Å². The van der Waals surface area contributed by atoms with Crippen molar-refractivity contribution in [3.63, 3.8) is 0 Å². The van der Waals surface area contributed by atoms with Crippen LogP contribution in [0.15, 0.2) is 55.1 Å². The summed E-state index contributed by atoms with van der Waals surface area (Å²) in [7, 11) is 1.64. The molecule has 0 radical (unpaired) electrons. The second-order valence-electron chi connectivity index (χ2n) is 7.22. The molecule has 1 aliphatic rings. The number of rotatable bonds is 6. The van der Waals surface area contributed by atoms with E-state index in [2.05, 4.69) is 34.6 Å². The molecule has 1 aliphatic heterocycles. The highest BCUT2D eigenvalue weighted by Crippen LogP contribution is 2.34. The Labute approximate surface area is 170 Å². The standard InChI is InChI=1S/C22H25N5O2/c1-16(17-6-5-7-19(12-17)26-14-23-24-15-26)25-18-9-10-21(29-2)20(13-18)27-11-4-3-8-22(27)28/h5-7,9-10,12-16,25H,3-4,8,11H2,1-2H3. The second-order valence-corrected chi connectivity index (χ2v) is 7.22. The van der Waals surface area contributed by atoms with Crippen LogP contribution in [0.4, 0.5) is 11.4 Å². The highest BCUT2D eigenvalue weighted by Gasteiger charge is 2.23. The Morgan fingerprint density at radius 1 is 1.10 bits per heavy atom. The van der Waals surface area contributed by atoms with Crippen LogP contribution in [0.1, 0.15) is 37.8 Å². The molecule has 2 heterocycles. The zero-order valence-corrected chi connectivity index (χ0v) is 16.7. The Morgan fingerprint density at radius 3 is 2.69 bits per heavy atom. The van der Waals surface area contributed by atoms with E-state index in [9.17, 15) is 4.79 Å². The van der Waals surface area contributed by atoms with Crippen molar-refractivity contribution in [3.05, 3.63) is 60.7 Å². The number of ether oxygens (including phenoxy) is 1. The third kappa shape index (κ3) is 4.08. The van der Waals surface area contributed by atoms with E-state index in [0.29, 0.717) is 12.2 Å². The summed E-state index contributed by atoms with van der Waals surface area (Å²) in [5, 5.41) is 11.3. The zero-order valence-electron chi connectivity index (χ0n) is 16.7. The number of amides is 1. The van der Waals surface area contributed by atoms with Gasteiger partial charge in [-0.25, -0.2) is 0 Å². The van der Waals surface area contributed by atoms with Crippen LogP contribution in [0.3, 0.4) is 0 Å². The summed E-state index contributed by atoms with van der Waals surface area (Å²) in [5.41, 5.74) is 3.92. The summed E-state index contributed by atoms with van der Waals surface area (Å²) in [5.74, 6) is 0.870. The summed E-state index contributed by atoms with van der Waals surface area (Å²) >= 11 is 0. The van der Waals surface area contributed by atoms with Crippen LogP contribution >= 0.6 is 0 Å². The van der Waals surface area contributed by atoms with Gasteiger partial charge in [-0.3, -0.25) is 9.36 Å². The molecule has 3 aromatic rings. The number of carbonyl (C=O) groups excluding carboxylic acids is 1. The van der Waals surface area contributed by atoms with Gasteiger partial charge in [0, 0.05) is 30.4 Å². The van der Waals surface area contributed by atoms with Gasteiger partial charge in [0.2, 0.25) is 5.91 Å². The van der Waals surface area contributed by atoms with E-state index < -0.39 is 0 Å². The highest BCUT2D eigenvalue weighted by molar-refractivity contribution is 5.96. The van der Waals surface area contributed by atoms with Crippen LogP contribution in [-0.2, 0) is 4.79 Å². The Morgan fingerprint density at radius 2 is 1.93 bits per heavy atom. The van der Waals surface area contributed by atoms with Crippen LogP contribution < -0.4 is 15.0 Å². The minimum absolute atomic E-state index is 0.0738. The van der Waals surface area contributed by atoms with E-state index in [-0.39, 0.29) is 11.9 Å². The van der Waals surface area contributed by atoms with E-state index in [0.717, 1.165) is 42.0 Å². The van der Waals surface area contributed by atoms with Crippen molar-refractivity contribution < 1.29 is 9.53 Å². The van der Waals surface area contributed by atoms with Crippen molar-refractivity contribution in [3.8, 4) is 11.4 Å². The lowest BCUT2D eigenvalue weighted by Gasteiger charge is -2.29. The largest absolute Gasteiger partial charge is 0.495 e. The molecule has 4 rings (SSSR count). The number of hydrogen-bond donors (Lipinski definition) is 1. The van der Waals surface area contributed by atoms with Crippen molar-refractivity contribution in [2.75, 3.05) is 23.9 Å². The first-order valence-electron chi connectivity index (χ1n) is 9.85. The summed E-state index contributed by atoms with van der Waals surface area (Å²) in [6, 6.07) is 14.2. The molecular weight excluding hydrogens is 366 g/mol. The van der Waals surface area contributed by atoms with E-state index in [1.54, 1.807) is 19.8 Å². The molecule has 0 bridgehead atoms. The van der Waals surface area contributed by atoms with Crippen molar-refractivity contribution in [1.82, 2.24) is 14.8 Å². The summed E-state index contributed by atoms with van der Waals surface area (Å²) in [4.78, 5) is 14.2. The van der Waals surface area contributed by atoms with Gasteiger partial charge in [-0.1, -0.05) is 12.1 Å². The summed E-state index contributed by atoms with van der Waals surface area (Å²) in [6.07, 6.45) is 5.92. The number of carbonyl (C=O) groups is 1. The molecule has 2 aromatic carbocycles. The first kappa shape index (κ1) is 19.0. The smallest absolute Gasteiger partial charge is 0.227 e. The lowest BCUT2D eigenvalue weighted by Crippen LogP contribution is -2.35. The number of nitrogens with zero attached hydrogens (tertiary/aromatic N) is 4. The molecule has 1 aromatic heterocycles. The molecule has 7 heteroatoms. The molecule has 1 atom stereocenters. The maximum atomic E-state index is 12.4. The first-order valence-corrected chi connectivity index (χ1v) is 9.85. The number of benzene rings is 2. The van der Waals surface area contributed by atoms with Crippen molar-refractivity contribution >= 4 is 17.3 Å². The monoisotopic (exact) mass is 391 g/mol. The maximum Gasteiger partial charge on any atom is 0.227 e. The topological polar surface area (TPSA) is 72.3 Å². The van der Waals surface area contributed by atoms with Gasteiger partial charge in [0.25, 0.3) is 0 Å². The fraction of sp³-hybridized carbons (Fsp3) is 0.318. The molecule has 1 amide bonds. The van der Waals surface area contributed by atoms with Gasteiger partial charge in [-0.05, 0) is 55.7 Å². The molecule has 1 N–H and O–H groups in total. The van der Waals surface area contributed by atoms with Gasteiger partial charge in [0.05, 0.1) is 12.8 Å². The Hall–Kier alpha value is -3.35. The van der Waals surface area contributed by atoms with Crippen molar-refractivity contribution in [2.45, 2.75) is 32.2 Å². The van der Waals surface area contributed by atoms with Crippen molar-refractivity contribution in [1.29, 1.82) is 0 Å². The SMILES string of the molecule is COc1ccc(NC(C)c2cccc(-n3cnnc3)c2)cc1N1CCCCC1=O. The van der Waals surface area contributed by atoms with Gasteiger partial charge >= 0.3 is 0 Å². The van der Waals surface area contributed by atoms with Crippen LogP contribution in [0, 0.1) is 0 Å². The fourth-order valence-corrected chi connectivity index (χ4v) is 3.67. The average Bonchev–Trinajstić information content (AvgIpc) is 3.29. The number of hydrogen-bond acceptors (Lipinski definition) is 5. The third-order valence-corrected chi connectivity index (χ3v) is 5.26. The number of piperidine rings is 1. The predicted octanol–water partition coefficient (Wildman–Crippen LogP) is 3.97. The Balaban J connectivity index is 1.57. The normalized spacial score (nSPS) is 15.2. The van der Waals surface area contributed by atoms with E-state index in [4.69, 9.17) is 4.74 Å². The molecule has 1 fully saturated rings. The van der Waals surface area contributed by atoms with Crippen molar-refractivity contribution in [2.24, 2.45) is 0 Å². The highest BCUT2D eigenvalue weighted by atomic mass is 16.5. The number of aromatic nitrogens is 3. The van der Waals surface area contributed by atoms with Crippen LogP contribution in [0.5, 0.6) is 5.75 Å². The van der Waals surface area contributed by atoms with Gasteiger partial charge < -0.3 is 15.0 Å². The minimum Gasteiger partial charge on any atom is -0.495 e. The maximum absolute atomic E-state index is 12.4. The Kier molecular flexibility index (Phi) is 5.46. The third-order valence-electron chi connectivity index (χ3n) is 5.26. The molecule has 7 nitrogen and oxygen atoms in total. The zero-order chi connectivity index (χ0) is 20.2. The summed E-state index contributed by atoms with van der Waals surface area (Å²) in [6.45, 7) is 2.84. The van der Waals surface area contributed by atoms with Gasteiger partial charge in [0.1, 0.15) is 18.4 Å². The quantitative estimate of drug-likeness (QED) is 0.688. The van der Waals surface area contributed by atoms with Crippen LogP contribution in [-0.4, -0.2) is 34.3 Å². The lowest BCUT2D eigenvalue weighted by atomic mass is 10.1. The number of methoxy groups -OCH3 is 1. The first-order chi connectivity index (χ1) is 14.2.